The van der Waals surface area contributed by atoms with Crippen LogP contribution in [0.2, 0.25) is 0 Å². The Kier molecular flexibility index (Phi) is 7.44. The first-order chi connectivity index (χ1) is 12.1. The Balaban J connectivity index is 2.41. The first-order valence-corrected chi connectivity index (χ1v) is 7.61. The lowest BCUT2D eigenvalue weighted by Crippen LogP contribution is -2.46. The van der Waals surface area contributed by atoms with Crippen molar-refractivity contribution < 1.29 is 33.9 Å². The molecule has 1 heterocycles. The predicted octanol–water partition coefficient (Wildman–Crippen LogP) is -2.58. The molecule has 0 atom stereocenters. The second-order valence-electron chi connectivity index (χ2n) is 5.59. The van der Waals surface area contributed by atoms with E-state index in [1.807, 2.05) is 0 Å². The van der Waals surface area contributed by atoms with Gasteiger partial charge in [0.25, 0.3) is 11.8 Å². The molecule has 1 rings (SSSR count). The van der Waals surface area contributed by atoms with Crippen LogP contribution in [0.15, 0.2) is 12.2 Å². The molecule has 0 aromatic carbocycles. The number of carboxylic acids is 1. The number of aliphatic carboxylic acids is 1. The van der Waals surface area contributed by atoms with Crippen molar-refractivity contribution in [3.8, 4) is 0 Å². The second-order valence-corrected chi connectivity index (χ2v) is 5.59. The molecule has 142 valence electrons. The van der Waals surface area contributed by atoms with Crippen molar-refractivity contribution >= 4 is 35.5 Å². The van der Waals surface area contributed by atoms with Gasteiger partial charge in [0, 0.05) is 32.8 Å². The SMILES string of the molecule is CN(CC(=O)NCCC(=O)O)C(=O)CN(C)C(=O)CN1C(=O)C=CC1=O. The largest absolute Gasteiger partial charge is 0.481 e. The van der Waals surface area contributed by atoms with Gasteiger partial charge in [-0.25, -0.2) is 0 Å². The summed E-state index contributed by atoms with van der Waals surface area (Å²) in [6.45, 7) is -1.18. The fraction of sp³-hybridized carbons (Fsp3) is 0.467. The third kappa shape index (κ3) is 6.34. The number of rotatable bonds is 9. The first-order valence-electron chi connectivity index (χ1n) is 7.61. The van der Waals surface area contributed by atoms with E-state index < -0.39 is 42.0 Å². The third-order valence-corrected chi connectivity index (χ3v) is 3.46. The van der Waals surface area contributed by atoms with Crippen LogP contribution in [-0.4, -0.2) is 95.6 Å². The zero-order valence-electron chi connectivity index (χ0n) is 14.4. The first kappa shape index (κ1) is 20.8. The summed E-state index contributed by atoms with van der Waals surface area (Å²) in [7, 11) is 2.69. The summed E-state index contributed by atoms with van der Waals surface area (Å²) < 4.78 is 0. The summed E-state index contributed by atoms with van der Waals surface area (Å²) in [4.78, 5) is 71.7. The summed E-state index contributed by atoms with van der Waals surface area (Å²) in [5, 5.41) is 10.8. The van der Waals surface area contributed by atoms with E-state index in [0.29, 0.717) is 0 Å². The van der Waals surface area contributed by atoms with Crippen LogP contribution in [0.4, 0.5) is 0 Å². The minimum atomic E-state index is -1.06. The van der Waals surface area contributed by atoms with Gasteiger partial charge in [0.1, 0.15) is 6.54 Å². The summed E-state index contributed by atoms with van der Waals surface area (Å²) in [5.41, 5.74) is 0. The van der Waals surface area contributed by atoms with Gasteiger partial charge in [0.2, 0.25) is 17.7 Å². The lowest BCUT2D eigenvalue weighted by molar-refractivity contribution is -0.145. The molecule has 0 radical (unpaired) electrons. The molecule has 1 aliphatic heterocycles. The molecule has 0 aliphatic carbocycles. The molecule has 11 nitrogen and oxygen atoms in total. The highest BCUT2D eigenvalue weighted by Gasteiger charge is 2.27. The number of hydrogen-bond donors (Lipinski definition) is 2. The van der Waals surface area contributed by atoms with E-state index in [9.17, 15) is 28.8 Å². The molecule has 0 unspecified atom stereocenters. The van der Waals surface area contributed by atoms with E-state index in [-0.39, 0.29) is 26.1 Å². The molecular weight excluding hydrogens is 348 g/mol. The monoisotopic (exact) mass is 368 g/mol. The molecule has 0 bridgehead atoms. The molecule has 5 amide bonds. The molecule has 2 N–H and O–H groups in total. The number of likely N-dealkylation sites (N-methyl/N-ethyl adjacent to an activating group) is 2. The van der Waals surface area contributed by atoms with E-state index in [0.717, 1.165) is 26.9 Å². The maximum atomic E-state index is 12.0. The zero-order chi connectivity index (χ0) is 19.9. The average Bonchev–Trinajstić information content (AvgIpc) is 2.86. The van der Waals surface area contributed by atoms with E-state index in [1.165, 1.54) is 14.1 Å². The van der Waals surface area contributed by atoms with Crippen molar-refractivity contribution in [3.63, 3.8) is 0 Å². The van der Waals surface area contributed by atoms with E-state index >= 15 is 0 Å². The standard InChI is InChI=1S/C15H20N4O7/c1-17(7-10(20)16-6-5-15(25)26)13(23)8-18(2)14(24)9-19-11(21)3-4-12(19)22/h3-4H,5-9H2,1-2H3,(H,16,20)(H,25,26). The number of nitrogens with one attached hydrogen (secondary N) is 1. The van der Waals surface area contributed by atoms with Crippen LogP contribution in [0.25, 0.3) is 0 Å². The van der Waals surface area contributed by atoms with E-state index in [1.54, 1.807) is 0 Å². The molecular formula is C15H20N4O7. The van der Waals surface area contributed by atoms with Crippen LogP contribution in [0.1, 0.15) is 6.42 Å². The van der Waals surface area contributed by atoms with Crippen LogP contribution >= 0.6 is 0 Å². The van der Waals surface area contributed by atoms with Crippen molar-refractivity contribution in [1.82, 2.24) is 20.0 Å². The van der Waals surface area contributed by atoms with Crippen LogP contribution in [0.5, 0.6) is 0 Å². The molecule has 26 heavy (non-hydrogen) atoms. The fourth-order valence-corrected chi connectivity index (χ4v) is 1.92. The van der Waals surface area contributed by atoms with Crippen LogP contribution in [0.3, 0.4) is 0 Å². The quantitative estimate of drug-likeness (QED) is 0.425. The second kappa shape index (κ2) is 9.30. The minimum absolute atomic E-state index is 0.0550. The van der Waals surface area contributed by atoms with Crippen molar-refractivity contribution in [2.75, 3.05) is 40.3 Å². The number of amides is 5. The number of carbonyl (C=O) groups excluding carboxylic acids is 5. The minimum Gasteiger partial charge on any atom is -0.481 e. The number of carbonyl (C=O) groups is 6. The van der Waals surface area contributed by atoms with Gasteiger partial charge in [-0.15, -0.1) is 0 Å². The normalized spacial score (nSPS) is 12.9. The van der Waals surface area contributed by atoms with Gasteiger partial charge in [0.05, 0.1) is 19.5 Å². The number of hydrogen-bond acceptors (Lipinski definition) is 6. The molecule has 0 spiro atoms. The van der Waals surface area contributed by atoms with Crippen molar-refractivity contribution in [2.45, 2.75) is 6.42 Å². The lowest BCUT2D eigenvalue weighted by Gasteiger charge is -2.23. The van der Waals surface area contributed by atoms with Crippen molar-refractivity contribution in [2.24, 2.45) is 0 Å². The number of nitrogens with zero attached hydrogens (tertiary/aromatic N) is 3. The summed E-state index contributed by atoms with van der Waals surface area (Å²) in [5.74, 6) is -3.93. The highest BCUT2D eigenvalue weighted by atomic mass is 16.4. The fourth-order valence-electron chi connectivity index (χ4n) is 1.92. The van der Waals surface area contributed by atoms with Crippen LogP contribution in [-0.2, 0) is 28.8 Å². The molecule has 0 fully saturated rings. The summed E-state index contributed by atoms with van der Waals surface area (Å²) in [6.07, 6.45) is 1.87. The molecule has 0 saturated heterocycles. The van der Waals surface area contributed by atoms with Gasteiger partial charge in [-0.05, 0) is 0 Å². The smallest absolute Gasteiger partial charge is 0.305 e. The van der Waals surface area contributed by atoms with Gasteiger partial charge in [-0.3, -0.25) is 33.7 Å². The van der Waals surface area contributed by atoms with Gasteiger partial charge < -0.3 is 20.2 Å². The maximum Gasteiger partial charge on any atom is 0.305 e. The van der Waals surface area contributed by atoms with Gasteiger partial charge in [-0.2, -0.15) is 0 Å². The Hall–Kier alpha value is -3.24. The Bertz CT molecular complexity index is 640. The molecule has 0 aromatic heterocycles. The highest BCUT2D eigenvalue weighted by molar-refractivity contribution is 6.14. The van der Waals surface area contributed by atoms with Crippen LogP contribution < -0.4 is 5.32 Å². The Morgan fingerprint density at radius 2 is 1.54 bits per heavy atom. The maximum absolute atomic E-state index is 12.0. The Morgan fingerprint density at radius 3 is 2.08 bits per heavy atom. The molecule has 1 aliphatic rings. The zero-order valence-corrected chi connectivity index (χ0v) is 14.4. The Labute approximate surface area is 149 Å². The van der Waals surface area contributed by atoms with Gasteiger partial charge >= 0.3 is 5.97 Å². The molecule has 11 heteroatoms. The molecule has 0 saturated carbocycles. The lowest BCUT2D eigenvalue weighted by atomic mass is 10.4. The summed E-state index contributed by atoms with van der Waals surface area (Å²) in [6, 6.07) is 0. The van der Waals surface area contributed by atoms with Gasteiger partial charge in [-0.1, -0.05) is 0 Å². The molecule has 0 aromatic rings. The number of imide groups is 1. The topological polar surface area (TPSA) is 144 Å². The average molecular weight is 368 g/mol. The Morgan fingerprint density at radius 1 is 1.00 bits per heavy atom. The number of carboxylic acid groups (broad SMARTS) is 1. The van der Waals surface area contributed by atoms with E-state index in [2.05, 4.69) is 5.32 Å². The highest BCUT2D eigenvalue weighted by Crippen LogP contribution is 2.04. The van der Waals surface area contributed by atoms with Crippen molar-refractivity contribution in [1.29, 1.82) is 0 Å². The van der Waals surface area contributed by atoms with E-state index in [4.69, 9.17) is 5.11 Å². The summed E-state index contributed by atoms with van der Waals surface area (Å²) >= 11 is 0. The van der Waals surface area contributed by atoms with Gasteiger partial charge in [0.15, 0.2) is 0 Å². The predicted molar refractivity (Wildman–Crippen MR) is 86.4 cm³/mol. The van der Waals surface area contributed by atoms with Crippen molar-refractivity contribution in [3.05, 3.63) is 12.2 Å². The van der Waals surface area contributed by atoms with Crippen LogP contribution in [0, 0.1) is 0 Å². The third-order valence-electron chi connectivity index (χ3n) is 3.46.